The molecule has 1 aromatic carbocycles. The van der Waals surface area contributed by atoms with Crippen LogP contribution >= 0.6 is 0 Å². The molecule has 0 aromatic heterocycles. The van der Waals surface area contributed by atoms with Crippen LogP contribution in [0.1, 0.15) is 18.1 Å². The topological polar surface area (TPSA) is 12.5 Å². The van der Waals surface area contributed by atoms with Crippen molar-refractivity contribution in [3.63, 3.8) is 0 Å². The van der Waals surface area contributed by atoms with Crippen LogP contribution in [-0.2, 0) is 11.3 Å². The molecule has 0 spiro atoms. The molecule has 2 heteroatoms. The second kappa shape index (κ2) is 4.77. The Labute approximate surface area is 91.9 Å². The van der Waals surface area contributed by atoms with Gasteiger partial charge in [0.15, 0.2) is 0 Å². The van der Waals surface area contributed by atoms with Gasteiger partial charge in [0.1, 0.15) is 0 Å². The molecule has 0 amide bonds. The summed E-state index contributed by atoms with van der Waals surface area (Å²) in [5.74, 6) is 0. The molecule has 1 aromatic rings. The molecule has 82 valence electrons. The van der Waals surface area contributed by atoms with E-state index in [1.807, 2.05) is 0 Å². The largest absolute Gasteiger partial charge is 0.379 e. The molecular weight excluding hydrogens is 186 g/mol. The summed E-state index contributed by atoms with van der Waals surface area (Å²) >= 11 is 0. The Morgan fingerprint density at radius 1 is 1.47 bits per heavy atom. The maximum Gasteiger partial charge on any atom is 0.0619 e. The zero-order valence-corrected chi connectivity index (χ0v) is 9.57. The molecule has 2 rings (SSSR count). The van der Waals surface area contributed by atoms with Gasteiger partial charge < -0.3 is 4.74 Å². The fourth-order valence-corrected chi connectivity index (χ4v) is 2.04. The summed E-state index contributed by atoms with van der Waals surface area (Å²) in [5.41, 5.74) is 2.75. The van der Waals surface area contributed by atoms with Crippen LogP contribution in [0.5, 0.6) is 0 Å². The lowest BCUT2D eigenvalue weighted by Gasteiger charge is -2.33. The third-order valence-corrected chi connectivity index (χ3v) is 2.97. The molecule has 1 heterocycles. The van der Waals surface area contributed by atoms with E-state index in [-0.39, 0.29) is 0 Å². The molecule has 1 atom stereocenters. The van der Waals surface area contributed by atoms with Gasteiger partial charge in [-0.25, -0.2) is 0 Å². The first kappa shape index (κ1) is 10.7. The van der Waals surface area contributed by atoms with Crippen LogP contribution in [0.3, 0.4) is 0 Å². The summed E-state index contributed by atoms with van der Waals surface area (Å²) in [6.07, 6.45) is 0. The third kappa shape index (κ3) is 2.80. The number of morpholine rings is 1. The molecule has 0 bridgehead atoms. The van der Waals surface area contributed by atoms with Gasteiger partial charge in [-0.2, -0.15) is 0 Å². The van der Waals surface area contributed by atoms with E-state index in [2.05, 4.69) is 43.0 Å². The van der Waals surface area contributed by atoms with Crippen molar-refractivity contribution in [1.29, 1.82) is 0 Å². The quantitative estimate of drug-likeness (QED) is 0.734. The first-order chi connectivity index (χ1) is 7.25. The van der Waals surface area contributed by atoms with Gasteiger partial charge in [0, 0.05) is 19.1 Å². The molecular formula is C13H19NO. The fourth-order valence-electron chi connectivity index (χ4n) is 2.04. The second-order valence-corrected chi connectivity index (χ2v) is 4.38. The summed E-state index contributed by atoms with van der Waals surface area (Å²) in [4.78, 5) is 2.48. The number of nitrogens with zero attached hydrogens (tertiary/aromatic N) is 1. The maximum atomic E-state index is 5.43. The summed E-state index contributed by atoms with van der Waals surface area (Å²) < 4.78 is 5.43. The SMILES string of the molecule is Cc1cccc(CN2CCOCC2C)c1. The number of aryl methyl sites for hydroxylation is 1. The molecule has 2 nitrogen and oxygen atoms in total. The predicted octanol–water partition coefficient (Wildman–Crippen LogP) is 2.22. The van der Waals surface area contributed by atoms with Gasteiger partial charge >= 0.3 is 0 Å². The molecule has 1 aliphatic rings. The average molecular weight is 205 g/mol. The average Bonchev–Trinajstić information content (AvgIpc) is 2.22. The molecule has 1 saturated heterocycles. The highest BCUT2D eigenvalue weighted by atomic mass is 16.5. The zero-order chi connectivity index (χ0) is 10.7. The second-order valence-electron chi connectivity index (χ2n) is 4.38. The predicted molar refractivity (Wildman–Crippen MR) is 61.9 cm³/mol. The Bertz CT molecular complexity index is 324. The number of hydrogen-bond acceptors (Lipinski definition) is 2. The Balaban J connectivity index is 2.01. The van der Waals surface area contributed by atoms with Gasteiger partial charge in [0.25, 0.3) is 0 Å². The van der Waals surface area contributed by atoms with Gasteiger partial charge in [-0.15, -0.1) is 0 Å². The van der Waals surface area contributed by atoms with Crippen molar-refractivity contribution in [3.05, 3.63) is 35.4 Å². The fraction of sp³-hybridized carbons (Fsp3) is 0.538. The summed E-state index contributed by atoms with van der Waals surface area (Å²) in [6, 6.07) is 9.29. The number of rotatable bonds is 2. The van der Waals surface area contributed by atoms with Gasteiger partial charge in [-0.3, -0.25) is 4.90 Å². The van der Waals surface area contributed by atoms with E-state index < -0.39 is 0 Å². The lowest BCUT2D eigenvalue weighted by atomic mass is 10.1. The van der Waals surface area contributed by atoms with E-state index in [9.17, 15) is 0 Å². The number of benzene rings is 1. The summed E-state index contributed by atoms with van der Waals surface area (Å²) in [5, 5.41) is 0. The van der Waals surface area contributed by atoms with E-state index in [1.54, 1.807) is 0 Å². The highest BCUT2D eigenvalue weighted by molar-refractivity contribution is 5.22. The van der Waals surface area contributed by atoms with Crippen LogP contribution < -0.4 is 0 Å². The van der Waals surface area contributed by atoms with Crippen LogP contribution in [0, 0.1) is 6.92 Å². The Kier molecular flexibility index (Phi) is 3.39. The highest BCUT2D eigenvalue weighted by Crippen LogP contribution is 2.12. The Morgan fingerprint density at radius 2 is 2.33 bits per heavy atom. The van der Waals surface area contributed by atoms with Crippen molar-refractivity contribution in [1.82, 2.24) is 4.90 Å². The minimum absolute atomic E-state index is 0.541. The molecule has 0 aliphatic carbocycles. The molecule has 0 N–H and O–H groups in total. The standard InChI is InChI=1S/C13H19NO/c1-11-4-3-5-13(8-11)9-14-6-7-15-10-12(14)2/h3-5,8,12H,6-7,9-10H2,1-2H3. The molecule has 0 saturated carbocycles. The summed E-state index contributed by atoms with van der Waals surface area (Å²) in [7, 11) is 0. The van der Waals surface area contributed by atoms with Gasteiger partial charge in [0.05, 0.1) is 13.2 Å². The van der Waals surface area contributed by atoms with Crippen molar-refractivity contribution >= 4 is 0 Å². The van der Waals surface area contributed by atoms with Crippen molar-refractivity contribution in [2.45, 2.75) is 26.4 Å². The lowest BCUT2D eigenvalue weighted by Crippen LogP contribution is -2.42. The molecule has 1 aliphatic heterocycles. The molecule has 1 unspecified atom stereocenters. The minimum atomic E-state index is 0.541. The number of ether oxygens (including phenoxy) is 1. The minimum Gasteiger partial charge on any atom is -0.379 e. The zero-order valence-electron chi connectivity index (χ0n) is 9.57. The van der Waals surface area contributed by atoms with E-state index in [0.29, 0.717) is 6.04 Å². The van der Waals surface area contributed by atoms with Crippen LogP contribution in [0.25, 0.3) is 0 Å². The highest BCUT2D eigenvalue weighted by Gasteiger charge is 2.18. The van der Waals surface area contributed by atoms with Crippen molar-refractivity contribution < 1.29 is 4.74 Å². The Hall–Kier alpha value is -0.860. The Morgan fingerprint density at radius 3 is 3.07 bits per heavy atom. The van der Waals surface area contributed by atoms with Crippen LogP contribution in [0.2, 0.25) is 0 Å². The summed E-state index contributed by atoms with van der Waals surface area (Å²) in [6.45, 7) is 8.21. The van der Waals surface area contributed by atoms with E-state index in [4.69, 9.17) is 4.74 Å². The number of hydrogen-bond donors (Lipinski definition) is 0. The first-order valence-electron chi connectivity index (χ1n) is 5.63. The first-order valence-corrected chi connectivity index (χ1v) is 5.63. The monoisotopic (exact) mass is 205 g/mol. The third-order valence-electron chi connectivity index (χ3n) is 2.97. The lowest BCUT2D eigenvalue weighted by molar-refractivity contribution is -0.00437. The maximum absolute atomic E-state index is 5.43. The molecule has 0 radical (unpaired) electrons. The van der Waals surface area contributed by atoms with E-state index in [0.717, 1.165) is 26.3 Å². The van der Waals surface area contributed by atoms with Crippen molar-refractivity contribution in [2.75, 3.05) is 19.8 Å². The van der Waals surface area contributed by atoms with Gasteiger partial charge in [0.2, 0.25) is 0 Å². The van der Waals surface area contributed by atoms with Crippen molar-refractivity contribution in [3.8, 4) is 0 Å². The smallest absolute Gasteiger partial charge is 0.0619 e. The normalized spacial score (nSPS) is 22.9. The van der Waals surface area contributed by atoms with Crippen LogP contribution in [0.4, 0.5) is 0 Å². The van der Waals surface area contributed by atoms with Crippen molar-refractivity contribution in [2.24, 2.45) is 0 Å². The van der Waals surface area contributed by atoms with Crippen LogP contribution in [-0.4, -0.2) is 30.7 Å². The van der Waals surface area contributed by atoms with Gasteiger partial charge in [-0.05, 0) is 19.4 Å². The molecule has 15 heavy (non-hydrogen) atoms. The van der Waals surface area contributed by atoms with E-state index >= 15 is 0 Å². The van der Waals surface area contributed by atoms with Crippen LogP contribution in [0.15, 0.2) is 24.3 Å². The molecule has 1 fully saturated rings. The van der Waals surface area contributed by atoms with Gasteiger partial charge in [-0.1, -0.05) is 29.8 Å². The van der Waals surface area contributed by atoms with E-state index in [1.165, 1.54) is 11.1 Å².